The highest BCUT2D eigenvalue weighted by Crippen LogP contribution is 2.40. The largest absolute Gasteiger partial charge is 0.353 e. The Morgan fingerprint density at radius 2 is 1.81 bits per heavy atom. The Morgan fingerprint density at radius 3 is 2.52 bits per heavy atom. The molecule has 4 atom stereocenters. The van der Waals surface area contributed by atoms with Crippen molar-refractivity contribution >= 4 is 24.2 Å². The Morgan fingerprint density at radius 1 is 1.11 bits per heavy atom. The summed E-state index contributed by atoms with van der Waals surface area (Å²) in [6, 6.07) is 9.24. The second kappa shape index (κ2) is 8.61. The van der Waals surface area contributed by atoms with Crippen LogP contribution >= 0.6 is 12.4 Å². The number of nitrogens with two attached hydrogens (primary N) is 1. The van der Waals surface area contributed by atoms with Crippen LogP contribution in [0.25, 0.3) is 0 Å². The molecular formula is C21H30ClN3O2. The van der Waals surface area contributed by atoms with Gasteiger partial charge in [-0.3, -0.25) is 9.59 Å². The summed E-state index contributed by atoms with van der Waals surface area (Å²) >= 11 is 0. The number of halogens is 1. The SMILES string of the molecule is Cl.NC(CNC(=O)C1CC2CCCCC2N1C(=O)c1ccccc1)C1CC1. The van der Waals surface area contributed by atoms with Crippen molar-refractivity contribution in [1.82, 2.24) is 10.2 Å². The molecule has 3 fully saturated rings. The van der Waals surface area contributed by atoms with Crippen molar-refractivity contribution in [1.29, 1.82) is 0 Å². The van der Waals surface area contributed by atoms with Gasteiger partial charge in [-0.05, 0) is 56.1 Å². The first kappa shape index (κ1) is 20.2. The number of nitrogens with zero attached hydrogens (tertiary/aromatic N) is 1. The van der Waals surface area contributed by atoms with Gasteiger partial charge in [0.05, 0.1) is 0 Å². The highest BCUT2D eigenvalue weighted by molar-refractivity contribution is 5.98. The zero-order chi connectivity index (χ0) is 18.1. The van der Waals surface area contributed by atoms with Crippen molar-refractivity contribution in [3.8, 4) is 0 Å². The molecule has 5 nitrogen and oxygen atoms in total. The Bertz CT molecular complexity index is 665. The minimum atomic E-state index is -0.359. The van der Waals surface area contributed by atoms with Gasteiger partial charge in [-0.2, -0.15) is 0 Å². The molecule has 0 radical (unpaired) electrons. The number of rotatable bonds is 5. The van der Waals surface area contributed by atoms with Gasteiger partial charge in [0.25, 0.3) is 5.91 Å². The first-order valence-corrected chi connectivity index (χ1v) is 10.1. The lowest BCUT2D eigenvalue weighted by Gasteiger charge is -2.33. The van der Waals surface area contributed by atoms with E-state index >= 15 is 0 Å². The number of amides is 2. The molecule has 1 aliphatic heterocycles. The molecule has 3 aliphatic rings. The molecule has 4 rings (SSSR count). The lowest BCUT2D eigenvalue weighted by Crippen LogP contribution is -2.51. The second-order valence-electron chi connectivity index (χ2n) is 8.19. The van der Waals surface area contributed by atoms with Crippen molar-refractivity contribution < 1.29 is 9.59 Å². The Hall–Kier alpha value is -1.59. The quantitative estimate of drug-likeness (QED) is 0.810. The van der Waals surface area contributed by atoms with Gasteiger partial charge in [0.15, 0.2) is 0 Å². The number of carbonyl (C=O) groups excluding carboxylic acids is 2. The zero-order valence-electron chi connectivity index (χ0n) is 15.7. The van der Waals surface area contributed by atoms with Gasteiger partial charge in [0.1, 0.15) is 6.04 Å². The van der Waals surface area contributed by atoms with Crippen LogP contribution in [0.2, 0.25) is 0 Å². The van der Waals surface area contributed by atoms with Crippen molar-refractivity contribution in [3.05, 3.63) is 35.9 Å². The lowest BCUT2D eigenvalue weighted by molar-refractivity contribution is -0.125. The molecule has 148 valence electrons. The molecule has 2 saturated carbocycles. The van der Waals surface area contributed by atoms with Gasteiger partial charge in [0, 0.05) is 24.2 Å². The molecule has 0 aromatic heterocycles. The van der Waals surface area contributed by atoms with Gasteiger partial charge in [-0.25, -0.2) is 0 Å². The monoisotopic (exact) mass is 391 g/mol. The number of fused-ring (bicyclic) bond motifs is 1. The van der Waals surface area contributed by atoms with Crippen LogP contribution in [0.1, 0.15) is 55.3 Å². The van der Waals surface area contributed by atoms with Crippen LogP contribution in [-0.4, -0.2) is 41.4 Å². The van der Waals surface area contributed by atoms with Crippen molar-refractivity contribution in [3.63, 3.8) is 0 Å². The highest BCUT2D eigenvalue weighted by Gasteiger charge is 2.47. The van der Waals surface area contributed by atoms with E-state index in [1.54, 1.807) is 0 Å². The van der Waals surface area contributed by atoms with Crippen LogP contribution in [0, 0.1) is 11.8 Å². The van der Waals surface area contributed by atoms with Gasteiger partial charge in [-0.15, -0.1) is 12.4 Å². The summed E-state index contributed by atoms with van der Waals surface area (Å²) in [7, 11) is 0. The van der Waals surface area contributed by atoms with Crippen LogP contribution in [0.4, 0.5) is 0 Å². The summed E-state index contributed by atoms with van der Waals surface area (Å²) in [5.41, 5.74) is 6.81. The minimum absolute atomic E-state index is 0. The Labute approximate surface area is 167 Å². The van der Waals surface area contributed by atoms with Crippen LogP contribution < -0.4 is 11.1 Å². The molecular weight excluding hydrogens is 362 g/mol. The van der Waals surface area contributed by atoms with E-state index in [2.05, 4.69) is 5.32 Å². The molecule has 1 aromatic rings. The predicted molar refractivity (Wildman–Crippen MR) is 108 cm³/mol. The molecule has 27 heavy (non-hydrogen) atoms. The summed E-state index contributed by atoms with van der Waals surface area (Å²) in [4.78, 5) is 28.0. The third kappa shape index (κ3) is 4.30. The average Bonchev–Trinajstić information content (AvgIpc) is 3.46. The number of benzene rings is 1. The van der Waals surface area contributed by atoms with E-state index in [9.17, 15) is 9.59 Å². The van der Waals surface area contributed by atoms with E-state index in [4.69, 9.17) is 5.73 Å². The van der Waals surface area contributed by atoms with Crippen molar-refractivity contribution in [2.45, 2.75) is 63.1 Å². The molecule has 0 spiro atoms. The van der Waals surface area contributed by atoms with Crippen LogP contribution in [0.5, 0.6) is 0 Å². The summed E-state index contributed by atoms with van der Waals surface area (Å²) < 4.78 is 0. The van der Waals surface area contributed by atoms with Crippen LogP contribution in [0.3, 0.4) is 0 Å². The van der Waals surface area contributed by atoms with E-state index in [0.717, 1.165) is 25.7 Å². The van der Waals surface area contributed by atoms with E-state index in [-0.39, 0.29) is 42.3 Å². The molecule has 2 aliphatic carbocycles. The van der Waals surface area contributed by atoms with E-state index in [1.807, 2.05) is 35.2 Å². The first-order valence-electron chi connectivity index (χ1n) is 10.1. The predicted octanol–water partition coefficient (Wildman–Crippen LogP) is 2.74. The standard InChI is InChI=1S/C21H29N3O2.ClH/c22-17(14-10-11-14)13-23-20(25)19-12-16-8-4-5-9-18(16)24(19)21(26)15-6-2-1-3-7-15;/h1-3,6-7,14,16-19H,4-5,8-13,22H2,(H,23,25);1H. The molecule has 6 heteroatoms. The molecule has 2 amide bonds. The molecule has 1 aromatic carbocycles. The van der Waals surface area contributed by atoms with Gasteiger partial charge in [0.2, 0.25) is 5.91 Å². The van der Waals surface area contributed by atoms with Gasteiger partial charge < -0.3 is 16.0 Å². The van der Waals surface area contributed by atoms with E-state index < -0.39 is 0 Å². The van der Waals surface area contributed by atoms with E-state index in [0.29, 0.717) is 23.9 Å². The highest BCUT2D eigenvalue weighted by atomic mass is 35.5. The fraction of sp³-hybridized carbons (Fsp3) is 0.619. The zero-order valence-corrected chi connectivity index (χ0v) is 16.5. The topological polar surface area (TPSA) is 75.4 Å². The molecule has 1 heterocycles. The van der Waals surface area contributed by atoms with E-state index in [1.165, 1.54) is 19.3 Å². The summed E-state index contributed by atoms with van der Waals surface area (Å²) in [5.74, 6) is 0.971. The number of hydrogen-bond donors (Lipinski definition) is 2. The molecule has 0 bridgehead atoms. The van der Waals surface area contributed by atoms with Gasteiger partial charge >= 0.3 is 0 Å². The summed E-state index contributed by atoms with van der Waals surface area (Å²) in [6.45, 7) is 0.517. The maximum Gasteiger partial charge on any atom is 0.254 e. The third-order valence-electron chi connectivity index (χ3n) is 6.39. The fourth-order valence-electron chi connectivity index (χ4n) is 4.74. The normalized spacial score (nSPS) is 28.0. The molecule has 4 unspecified atom stereocenters. The molecule has 3 N–H and O–H groups in total. The number of nitrogens with one attached hydrogen (secondary N) is 1. The summed E-state index contributed by atoms with van der Waals surface area (Å²) in [6.07, 6.45) is 7.60. The van der Waals surface area contributed by atoms with Crippen molar-refractivity contribution in [2.75, 3.05) is 6.54 Å². The number of likely N-dealkylation sites (tertiary alicyclic amines) is 1. The maximum atomic E-state index is 13.2. The Kier molecular flexibility index (Phi) is 6.43. The smallest absolute Gasteiger partial charge is 0.254 e. The average molecular weight is 392 g/mol. The fourth-order valence-corrected chi connectivity index (χ4v) is 4.74. The van der Waals surface area contributed by atoms with Crippen LogP contribution in [-0.2, 0) is 4.79 Å². The first-order chi connectivity index (χ1) is 12.6. The van der Waals surface area contributed by atoms with Gasteiger partial charge in [-0.1, -0.05) is 31.0 Å². The van der Waals surface area contributed by atoms with Crippen LogP contribution in [0.15, 0.2) is 30.3 Å². The summed E-state index contributed by atoms with van der Waals surface area (Å²) in [5, 5.41) is 3.03. The Balaban J connectivity index is 0.00000210. The maximum absolute atomic E-state index is 13.2. The third-order valence-corrected chi connectivity index (χ3v) is 6.39. The number of hydrogen-bond acceptors (Lipinski definition) is 3. The van der Waals surface area contributed by atoms with Crippen molar-refractivity contribution in [2.24, 2.45) is 17.6 Å². The second-order valence-corrected chi connectivity index (χ2v) is 8.19. The lowest BCUT2D eigenvalue weighted by atomic mass is 9.84. The molecule has 1 saturated heterocycles. The number of carbonyl (C=O) groups is 2. The minimum Gasteiger partial charge on any atom is -0.353 e.